The van der Waals surface area contributed by atoms with Crippen LogP contribution in [-0.2, 0) is 16.0 Å². The molecule has 0 aliphatic carbocycles. The van der Waals surface area contributed by atoms with E-state index in [9.17, 15) is 4.39 Å². The van der Waals surface area contributed by atoms with Crippen LogP contribution in [0.2, 0.25) is 0 Å². The zero-order valence-electron chi connectivity index (χ0n) is 15.4. The minimum absolute atomic E-state index is 0.220. The first-order valence-electron chi connectivity index (χ1n) is 9.53. The fraction of sp³-hybridized carbons (Fsp3) is 0.476. The highest BCUT2D eigenvalue weighted by molar-refractivity contribution is 5.43. The van der Waals surface area contributed by atoms with Gasteiger partial charge in [-0.1, -0.05) is 12.1 Å². The van der Waals surface area contributed by atoms with E-state index in [-0.39, 0.29) is 11.4 Å². The van der Waals surface area contributed by atoms with E-state index in [0.29, 0.717) is 19.1 Å². The first-order chi connectivity index (χ1) is 13.2. The molecule has 0 radical (unpaired) electrons. The summed E-state index contributed by atoms with van der Waals surface area (Å²) in [6.45, 7) is 5.43. The Labute approximate surface area is 159 Å². The molecule has 5 nitrogen and oxygen atoms in total. The molecule has 27 heavy (non-hydrogen) atoms. The monoisotopic (exact) mass is 371 g/mol. The lowest BCUT2D eigenvalue weighted by Gasteiger charge is -2.31. The standard InChI is InChI=1S/C21H26FN3O2/c22-19-4-1-5-20(9-19)24-12-18-10-21(27-14-18)15-25(7-8-26-16-21)13-17-3-2-6-23-11-17/h1-6,9,11,18,24H,7-8,10,12-16H2/t18-,21+/m0/s1. The Morgan fingerprint density at radius 1 is 1.30 bits per heavy atom. The van der Waals surface area contributed by atoms with Crippen LogP contribution < -0.4 is 5.32 Å². The third-order valence-corrected chi connectivity index (χ3v) is 5.26. The van der Waals surface area contributed by atoms with Gasteiger partial charge in [0, 0.05) is 50.2 Å². The van der Waals surface area contributed by atoms with Gasteiger partial charge in [-0.15, -0.1) is 0 Å². The molecule has 3 heterocycles. The minimum Gasteiger partial charge on any atom is -0.385 e. The second kappa shape index (κ2) is 8.33. The molecule has 0 amide bonds. The van der Waals surface area contributed by atoms with Gasteiger partial charge in [0.1, 0.15) is 11.4 Å². The van der Waals surface area contributed by atoms with E-state index >= 15 is 0 Å². The number of nitrogens with zero attached hydrogens (tertiary/aromatic N) is 2. The number of anilines is 1. The summed E-state index contributed by atoms with van der Waals surface area (Å²) in [6.07, 6.45) is 4.66. The molecule has 1 aromatic heterocycles. The van der Waals surface area contributed by atoms with Crippen molar-refractivity contribution in [3.05, 3.63) is 60.2 Å². The largest absolute Gasteiger partial charge is 0.385 e. The summed E-state index contributed by atoms with van der Waals surface area (Å²) in [5.74, 6) is 0.164. The Morgan fingerprint density at radius 2 is 2.26 bits per heavy atom. The molecule has 2 aromatic rings. The maximum atomic E-state index is 13.3. The van der Waals surface area contributed by atoms with Crippen LogP contribution >= 0.6 is 0 Å². The molecule has 2 atom stereocenters. The fourth-order valence-corrected chi connectivity index (χ4v) is 4.01. The van der Waals surface area contributed by atoms with Gasteiger partial charge in [-0.25, -0.2) is 4.39 Å². The Bertz CT molecular complexity index is 745. The number of ether oxygens (including phenoxy) is 2. The van der Waals surface area contributed by atoms with Gasteiger partial charge in [-0.2, -0.15) is 0 Å². The number of rotatable bonds is 5. The zero-order chi connectivity index (χ0) is 18.5. The number of hydrogen-bond acceptors (Lipinski definition) is 5. The Kier molecular flexibility index (Phi) is 5.66. The van der Waals surface area contributed by atoms with Gasteiger partial charge in [0.2, 0.25) is 0 Å². The normalized spacial score (nSPS) is 26.2. The molecule has 0 unspecified atom stereocenters. The summed E-state index contributed by atoms with van der Waals surface area (Å²) in [5, 5.41) is 3.33. The predicted octanol–water partition coefficient (Wildman–Crippen LogP) is 2.94. The minimum atomic E-state index is -0.257. The van der Waals surface area contributed by atoms with Gasteiger partial charge in [0.15, 0.2) is 0 Å². The summed E-state index contributed by atoms with van der Waals surface area (Å²) >= 11 is 0. The maximum absolute atomic E-state index is 13.3. The number of aromatic nitrogens is 1. The van der Waals surface area contributed by atoms with Gasteiger partial charge < -0.3 is 14.8 Å². The van der Waals surface area contributed by atoms with E-state index in [1.54, 1.807) is 12.3 Å². The van der Waals surface area contributed by atoms with Crippen molar-refractivity contribution in [2.75, 3.05) is 44.8 Å². The molecule has 4 rings (SSSR count). The van der Waals surface area contributed by atoms with Crippen LogP contribution in [0.3, 0.4) is 0 Å². The molecule has 2 saturated heterocycles. The van der Waals surface area contributed by atoms with Crippen LogP contribution in [0.5, 0.6) is 0 Å². The quantitative estimate of drug-likeness (QED) is 0.876. The van der Waals surface area contributed by atoms with Crippen molar-refractivity contribution in [1.82, 2.24) is 9.88 Å². The predicted molar refractivity (Wildman–Crippen MR) is 102 cm³/mol. The highest BCUT2D eigenvalue weighted by Crippen LogP contribution is 2.33. The fourth-order valence-electron chi connectivity index (χ4n) is 4.01. The van der Waals surface area contributed by atoms with Crippen molar-refractivity contribution in [3.8, 4) is 0 Å². The van der Waals surface area contributed by atoms with Gasteiger partial charge in [-0.3, -0.25) is 9.88 Å². The summed E-state index contributed by atoms with van der Waals surface area (Å²) < 4.78 is 25.5. The molecule has 0 bridgehead atoms. The van der Waals surface area contributed by atoms with E-state index in [0.717, 1.165) is 44.9 Å². The smallest absolute Gasteiger partial charge is 0.125 e. The van der Waals surface area contributed by atoms with Crippen molar-refractivity contribution in [1.29, 1.82) is 0 Å². The number of hydrogen-bond donors (Lipinski definition) is 1. The molecule has 1 aromatic carbocycles. The van der Waals surface area contributed by atoms with E-state index in [1.165, 1.54) is 17.7 Å². The third kappa shape index (κ3) is 4.83. The number of nitrogens with one attached hydrogen (secondary N) is 1. The average Bonchev–Trinajstić information content (AvgIpc) is 2.96. The lowest BCUT2D eigenvalue weighted by atomic mass is 9.94. The molecular formula is C21H26FN3O2. The van der Waals surface area contributed by atoms with Crippen LogP contribution in [0.1, 0.15) is 12.0 Å². The molecule has 1 spiro atoms. The second-order valence-corrected chi connectivity index (χ2v) is 7.58. The van der Waals surface area contributed by atoms with Crippen molar-refractivity contribution in [2.24, 2.45) is 5.92 Å². The Morgan fingerprint density at radius 3 is 3.11 bits per heavy atom. The van der Waals surface area contributed by atoms with Crippen LogP contribution in [-0.4, -0.2) is 54.9 Å². The topological polar surface area (TPSA) is 46.6 Å². The third-order valence-electron chi connectivity index (χ3n) is 5.26. The first kappa shape index (κ1) is 18.3. The molecule has 6 heteroatoms. The van der Waals surface area contributed by atoms with Crippen LogP contribution in [0, 0.1) is 11.7 Å². The Balaban J connectivity index is 1.34. The van der Waals surface area contributed by atoms with E-state index < -0.39 is 0 Å². The van der Waals surface area contributed by atoms with Crippen LogP contribution in [0.25, 0.3) is 0 Å². The van der Waals surface area contributed by atoms with E-state index in [4.69, 9.17) is 9.47 Å². The summed E-state index contributed by atoms with van der Waals surface area (Å²) in [7, 11) is 0. The average molecular weight is 371 g/mol. The summed E-state index contributed by atoms with van der Waals surface area (Å²) in [4.78, 5) is 6.61. The first-order valence-corrected chi connectivity index (χ1v) is 9.53. The van der Waals surface area contributed by atoms with Crippen molar-refractivity contribution >= 4 is 5.69 Å². The molecule has 1 N–H and O–H groups in total. The van der Waals surface area contributed by atoms with Crippen molar-refractivity contribution in [3.63, 3.8) is 0 Å². The summed E-state index contributed by atoms with van der Waals surface area (Å²) in [5.41, 5.74) is 1.76. The van der Waals surface area contributed by atoms with Crippen molar-refractivity contribution < 1.29 is 13.9 Å². The van der Waals surface area contributed by atoms with Gasteiger partial charge >= 0.3 is 0 Å². The van der Waals surface area contributed by atoms with Gasteiger partial charge in [-0.05, 0) is 36.2 Å². The van der Waals surface area contributed by atoms with Crippen molar-refractivity contribution in [2.45, 2.75) is 18.6 Å². The number of benzene rings is 1. The summed E-state index contributed by atoms with van der Waals surface area (Å²) in [6, 6.07) is 10.7. The lowest BCUT2D eigenvalue weighted by molar-refractivity contribution is -0.0562. The second-order valence-electron chi connectivity index (χ2n) is 7.58. The molecule has 144 valence electrons. The van der Waals surface area contributed by atoms with E-state index in [2.05, 4.69) is 21.3 Å². The molecule has 2 fully saturated rings. The van der Waals surface area contributed by atoms with Crippen LogP contribution in [0.4, 0.5) is 10.1 Å². The molecule has 2 aliphatic heterocycles. The number of halogens is 1. The molecule has 0 saturated carbocycles. The highest BCUT2D eigenvalue weighted by Gasteiger charge is 2.43. The molecule has 2 aliphatic rings. The maximum Gasteiger partial charge on any atom is 0.125 e. The SMILES string of the molecule is Fc1cccc(NC[C@H]2CO[C@]3(COCCN(Cc4cccnc4)C3)C2)c1. The molecular weight excluding hydrogens is 345 g/mol. The number of pyridine rings is 1. The van der Waals surface area contributed by atoms with E-state index in [1.807, 2.05) is 18.3 Å². The lowest BCUT2D eigenvalue weighted by Crippen LogP contribution is -2.43. The van der Waals surface area contributed by atoms with Gasteiger partial charge in [0.05, 0.1) is 19.8 Å². The zero-order valence-corrected chi connectivity index (χ0v) is 15.4. The Hall–Kier alpha value is -2.02. The van der Waals surface area contributed by atoms with Gasteiger partial charge in [0.25, 0.3) is 0 Å². The highest BCUT2D eigenvalue weighted by atomic mass is 19.1. The van der Waals surface area contributed by atoms with Crippen LogP contribution in [0.15, 0.2) is 48.8 Å².